The van der Waals surface area contributed by atoms with Gasteiger partial charge in [-0.2, -0.15) is 4.52 Å². The average molecular weight is 293 g/mol. The molecule has 0 bridgehead atoms. The number of hydrogen-bond acceptors (Lipinski definition) is 6. The van der Waals surface area contributed by atoms with Crippen LogP contribution in [0, 0.1) is 5.82 Å². The van der Waals surface area contributed by atoms with Crippen LogP contribution in [0.5, 0.6) is 0 Å². The van der Waals surface area contributed by atoms with Gasteiger partial charge in [-0.05, 0) is 12.1 Å². The van der Waals surface area contributed by atoms with E-state index < -0.39 is 5.82 Å². The highest BCUT2D eigenvalue weighted by molar-refractivity contribution is 7.99. The van der Waals surface area contributed by atoms with Crippen LogP contribution in [0.2, 0.25) is 0 Å². The number of nitrogens with one attached hydrogen (secondary N) is 1. The molecule has 0 aliphatic heterocycles. The monoisotopic (exact) mass is 293 g/mol. The summed E-state index contributed by atoms with van der Waals surface area (Å²) in [6, 6.07) is 5.96. The molecular weight excluding hydrogens is 285 g/mol. The Hall–Kier alpha value is -2.42. The predicted molar refractivity (Wildman–Crippen MR) is 68.8 cm³/mol. The number of para-hydroxylation sites is 1. The van der Waals surface area contributed by atoms with Gasteiger partial charge >= 0.3 is 5.84 Å². The maximum Gasteiger partial charge on any atom is 0.345 e. The summed E-state index contributed by atoms with van der Waals surface area (Å²) in [5.41, 5.74) is 0.143. The summed E-state index contributed by atoms with van der Waals surface area (Å²) in [6.45, 7) is 0. The first-order valence-corrected chi connectivity index (χ1v) is 6.55. The number of carbonyl (C=O) groups excluding carboxylic acids is 1. The molecule has 0 atom stereocenters. The lowest BCUT2D eigenvalue weighted by molar-refractivity contribution is -0.113. The fourth-order valence-corrected chi connectivity index (χ4v) is 2.08. The van der Waals surface area contributed by atoms with Gasteiger partial charge in [-0.3, -0.25) is 4.79 Å². The number of nitrogens with zero attached hydrogens (tertiary/aromatic N) is 4. The van der Waals surface area contributed by atoms with E-state index in [1.54, 1.807) is 12.1 Å². The van der Waals surface area contributed by atoms with E-state index in [-0.39, 0.29) is 23.2 Å². The molecule has 102 valence electrons. The van der Waals surface area contributed by atoms with Gasteiger partial charge in [0, 0.05) is 0 Å². The lowest BCUT2D eigenvalue weighted by atomic mass is 10.3. The number of hydrogen-bond donors (Lipinski definition) is 1. The molecule has 1 N–H and O–H groups in total. The Balaban J connectivity index is 1.59. The Labute approximate surface area is 116 Å². The highest BCUT2D eigenvalue weighted by atomic mass is 32.2. The van der Waals surface area contributed by atoms with Gasteiger partial charge in [-0.15, -0.1) is 10.2 Å². The van der Waals surface area contributed by atoms with Crippen molar-refractivity contribution in [3.8, 4) is 0 Å². The Morgan fingerprint density at radius 2 is 2.30 bits per heavy atom. The van der Waals surface area contributed by atoms with Gasteiger partial charge < -0.3 is 9.73 Å². The molecule has 0 saturated carbocycles. The fourth-order valence-electron chi connectivity index (χ4n) is 1.48. The lowest BCUT2D eigenvalue weighted by Gasteiger charge is -2.04. The molecule has 1 aromatic carbocycles. The second-order valence-electron chi connectivity index (χ2n) is 3.74. The number of aromatic nitrogens is 4. The quantitative estimate of drug-likeness (QED) is 0.735. The van der Waals surface area contributed by atoms with Crippen LogP contribution >= 0.6 is 11.8 Å². The largest absolute Gasteiger partial charge is 0.396 e. The van der Waals surface area contributed by atoms with Crippen LogP contribution in [0.4, 0.5) is 10.1 Å². The molecule has 2 heterocycles. The Bertz CT molecular complexity index is 727. The molecule has 20 heavy (non-hydrogen) atoms. The third-order valence-corrected chi connectivity index (χ3v) is 3.16. The molecule has 0 aliphatic carbocycles. The highest BCUT2D eigenvalue weighted by Crippen LogP contribution is 2.18. The van der Waals surface area contributed by atoms with E-state index in [2.05, 4.69) is 20.6 Å². The minimum absolute atomic E-state index is 0.0471. The van der Waals surface area contributed by atoms with Gasteiger partial charge in [0.1, 0.15) is 12.1 Å². The van der Waals surface area contributed by atoms with Crippen LogP contribution in [0.1, 0.15) is 0 Å². The number of halogens is 1. The third kappa shape index (κ3) is 2.62. The van der Waals surface area contributed by atoms with Crippen molar-refractivity contribution in [2.75, 3.05) is 11.1 Å². The first-order valence-electron chi connectivity index (χ1n) is 5.56. The molecule has 2 aromatic heterocycles. The smallest absolute Gasteiger partial charge is 0.345 e. The zero-order valence-corrected chi connectivity index (χ0v) is 10.8. The summed E-state index contributed by atoms with van der Waals surface area (Å²) in [5.74, 6) is -0.534. The van der Waals surface area contributed by atoms with E-state index in [1.165, 1.54) is 23.0 Å². The van der Waals surface area contributed by atoms with Gasteiger partial charge in [0.2, 0.25) is 5.91 Å². The first-order chi connectivity index (χ1) is 9.72. The van der Waals surface area contributed by atoms with Crippen molar-refractivity contribution in [1.82, 2.24) is 19.8 Å². The van der Waals surface area contributed by atoms with Gasteiger partial charge in [-0.25, -0.2) is 4.39 Å². The van der Waals surface area contributed by atoms with E-state index in [9.17, 15) is 9.18 Å². The second-order valence-corrected chi connectivity index (χ2v) is 4.67. The minimum Gasteiger partial charge on any atom is -0.396 e. The topological polar surface area (TPSA) is 85.3 Å². The van der Waals surface area contributed by atoms with Crippen molar-refractivity contribution in [3.63, 3.8) is 0 Å². The number of carbonyl (C=O) groups is 1. The second kappa shape index (κ2) is 5.29. The van der Waals surface area contributed by atoms with Gasteiger partial charge in [-0.1, -0.05) is 29.0 Å². The average Bonchev–Trinajstić information content (AvgIpc) is 3.00. The molecule has 9 heteroatoms. The number of rotatable bonds is 4. The van der Waals surface area contributed by atoms with Crippen molar-refractivity contribution >= 4 is 29.2 Å². The zero-order valence-electron chi connectivity index (χ0n) is 9.99. The molecule has 0 unspecified atom stereocenters. The van der Waals surface area contributed by atoms with Crippen LogP contribution in [-0.4, -0.2) is 31.5 Å². The summed E-state index contributed by atoms with van der Waals surface area (Å²) in [4.78, 5) is 11.7. The molecule has 0 radical (unpaired) electrons. The van der Waals surface area contributed by atoms with Crippen LogP contribution in [-0.2, 0) is 4.79 Å². The molecular formula is C11H8FN5O2S. The third-order valence-electron chi connectivity index (χ3n) is 2.34. The summed E-state index contributed by atoms with van der Waals surface area (Å²) in [7, 11) is 0. The Kier molecular flexibility index (Phi) is 3.33. The standard InChI is InChI=1S/C11H8FN5O2S/c12-7-3-1-2-4-8(7)14-9(18)5-20-11-16-17-6-13-15-10(17)19-11/h1-4,6H,5H2,(H,14,18). The van der Waals surface area contributed by atoms with Crippen LogP contribution < -0.4 is 5.32 Å². The minimum atomic E-state index is -0.480. The van der Waals surface area contributed by atoms with E-state index >= 15 is 0 Å². The number of thioether (sulfide) groups is 1. The lowest BCUT2D eigenvalue weighted by Crippen LogP contribution is -2.14. The Morgan fingerprint density at radius 1 is 1.45 bits per heavy atom. The summed E-state index contributed by atoms with van der Waals surface area (Å²) in [6.07, 6.45) is 1.39. The van der Waals surface area contributed by atoms with E-state index in [1.807, 2.05) is 0 Å². The van der Waals surface area contributed by atoms with Gasteiger partial charge in [0.25, 0.3) is 5.22 Å². The van der Waals surface area contributed by atoms with Crippen LogP contribution in [0.25, 0.3) is 5.84 Å². The number of amides is 1. The molecule has 3 aromatic rings. The predicted octanol–water partition coefficient (Wildman–Crippen LogP) is 1.59. The summed E-state index contributed by atoms with van der Waals surface area (Å²) < 4.78 is 19.9. The molecule has 3 rings (SSSR count). The molecule has 0 saturated heterocycles. The fraction of sp³-hybridized carbons (Fsp3) is 0.0909. The molecule has 0 fully saturated rings. The zero-order chi connectivity index (χ0) is 13.9. The van der Waals surface area contributed by atoms with Gasteiger partial charge in [0.15, 0.2) is 0 Å². The normalized spacial score (nSPS) is 10.8. The van der Waals surface area contributed by atoms with E-state index in [0.717, 1.165) is 11.8 Å². The number of anilines is 1. The van der Waals surface area contributed by atoms with Crippen molar-refractivity contribution in [1.29, 1.82) is 0 Å². The summed E-state index contributed by atoms with van der Waals surface area (Å²) >= 11 is 1.08. The van der Waals surface area contributed by atoms with E-state index in [4.69, 9.17) is 4.42 Å². The number of benzene rings is 1. The van der Waals surface area contributed by atoms with E-state index in [0.29, 0.717) is 5.22 Å². The molecule has 1 amide bonds. The van der Waals surface area contributed by atoms with Crippen molar-refractivity contribution in [2.24, 2.45) is 0 Å². The Morgan fingerprint density at radius 3 is 3.10 bits per heavy atom. The van der Waals surface area contributed by atoms with Crippen molar-refractivity contribution in [3.05, 3.63) is 36.4 Å². The highest BCUT2D eigenvalue weighted by Gasteiger charge is 2.11. The molecule has 0 spiro atoms. The van der Waals surface area contributed by atoms with Crippen molar-refractivity contribution in [2.45, 2.75) is 5.22 Å². The molecule has 7 nitrogen and oxygen atoms in total. The van der Waals surface area contributed by atoms with Crippen LogP contribution in [0.15, 0.2) is 40.2 Å². The summed E-state index contributed by atoms with van der Waals surface area (Å²) in [5, 5.41) is 14.0. The van der Waals surface area contributed by atoms with Crippen LogP contribution in [0.3, 0.4) is 0 Å². The maximum atomic E-state index is 13.3. The molecule has 0 aliphatic rings. The number of fused-ring (bicyclic) bond motifs is 1. The van der Waals surface area contributed by atoms with Crippen molar-refractivity contribution < 1.29 is 13.6 Å². The maximum absolute atomic E-state index is 13.3. The SMILES string of the molecule is O=C(CSc1nn2cnnc2o1)Nc1ccccc1F. The van der Waals surface area contributed by atoms with Gasteiger partial charge in [0.05, 0.1) is 11.4 Å². The first kappa shape index (κ1) is 12.6.